The lowest BCUT2D eigenvalue weighted by Gasteiger charge is -2.08. The van der Waals surface area contributed by atoms with E-state index in [9.17, 15) is 4.79 Å². The van der Waals surface area contributed by atoms with Crippen LogP contribution >= 0.6 is 23.1 Å². The van der Waals surface area contributed by atoms with Gasteiger partial charge in [-0.1, -0.05) is 24.8 Å². The first kappa shape index (κ1) is 16.6. The molecule has 0 bridgehead atoms. The molecule has 3 aromatic rings. The third-order valence-electron chi connectivity index (χ3n) is 3.07. The van der Waals surface area contributed by atoms with Gasteiger partial charge in [-0.15, -0.1) is 21.5 Å². The average Bonchev–Trinajstić information content (AvgIpc) is 3.24. The number of nitrogens with one attached hydrogen (secondary N) is 1. The van der Waals surface area contributed by atoms with E-state index in [0.717, 1.165) is 24.5 Å². The van der Waals surface area contributed by atoms with E-state index in [2.05, 4.69) is 32.4 Å². The predicted molar refractivity (Wildman–Crippen MR) is 95.0 cm³/mol. The second-order valence-corrected chi connectivity index (χ2v) is 6.68. The summed E-state index contributed by atoms with van der Waals surface area (Å²) in [5.74, 6) is 0.865. The lowest BCUT2D eigenvalue weighted by Crippen LogP contribution is -2.14. The normalized spacial score (nSPS) is 10.7. The number of thioether (sulfide) groups is 1. The Kier molecular flexibility index (Phi) is 5.55. The third kappa shape index (κ3) is 3.98. The van der Waals surface area contributed by atoms with Crippen LogP contribution in [0.15, 0.2) is 41.1 Å². The van der Waals surface area contributed by atoms with Crippen molar-refractivity contribution in [1.29, 1.82) is 0 Å². The number of hydrogen-bond acceptors (Lipinski definition) is 7. The Morgan fingerprint density at radius 3 is 2.92 bits per heavy atom. The average molecular weight is 360 g/mol. The molecule has 0 aliphatic carbocycles. The van der Waals surface area contributed by atoms with Gasteiger partial charge in [-0.05, 0) is 18.6 Å². The number of nitrogens with zero attached hydrogens (tertiary/aromatic N) is 5. The summed E-state index contributed by atoms with van der Waals surface area (Å²) in [6.07, 6.45) is 4.33. The Bertz CT molecular complexity index is 788. The van der Waals surface area contributed by atoms with Crippen molar-refractivity contribution in [3.63, 3.8) is 0 Å². The number of rotatable bonds is 7. The van der Waals surface area contributed by atoms with Gasteiger partial charge in [0.25, 0.3) is 0 Å². The van der Waals surface area contributed by atoms with E-state index in [4.69, 9.17) is 0 Å². The second-order valence-electron chi connectivity index (χ2n) is 4.85. The molecule has 3 heterocycles. The largest absolute Gasteiger partial charge is 0.301 e. The predicted octanol–water partition coefficient (Wildman–Crippen LogP) is 2.94. The molecule has 124 valence electrons. The van der Waals surface area contributed by atoms with Gasteiger partial charge < -0.3 is 9.88 Å². The summed E-state index contributed by atoms with van der Waals surface area (Å²) in [4.78, 5) is 20.4. The minimum absolute atomic E-state index is 0.111. The highest BCUT2D eigenvalue weighted by Gasteiger charge is 2.16. The molecule has 0 saturated carbocycles. The van der Waals surface area contributed by atoms with E-state index in [1.165, 1.54) is 23.1 Å². The zero-order valence-electron chi connectivity index (χ0n) is 13.0. The highest BCUT2D eigenvalue weighted by atomic mass is 32.2. The van der Waals surface area contributed by atoms with Gasteiger partial charge in [0.15, 0.2) is 16.1 Å². The number of hydrogen-bond donors (Lipinski definition) is 1. The Morgan fingerprint density at radius 2 is 2.21 bits per heavy atom. The number of aromatic nitrogens is 5. The molecule has 0 radical (unpaired) electrons. The van der Waals surface area contributed by atoms with Crippen LogP contribution in [0.4, 0.5) is 5.13 Å². The molecule has 0 unspecified atom stereocenters. The number of anilines is 1. The smallest absolute Gasteiger partial charge is 0.236 e. The summed E-state index contributed by atoms with van der Waals surface area (Å²) >= 11 is 2.75. The summed E-state index contributed by atoms with van der Waals surface area (Å²) < 4.78 is 2.00. The van der Waals surface area contributed by atoms with E-state index in [1.54, 1.807) is 12.4 Å². The molecular formula is C15H16N6OS2. The van der Waals surface area contributed by atoms with Crippen molar-refractivity contribution in [2.75, 3.05) is 11.1 Å². The van der Waals surface area contributed by atoms with Crippen LogP contribution in [-0.4, -0.2) is 36.4 Å². The molecule has 24 heavy (non-hydrogen) atoms. The molecule has 3 rings (SSSR count). The summed E-state index contributed by atoms with van der Waals surface area (Å²) in [6.45, 7) is 2.86. The summed E-state index contributed by atoms with van der Waals surface area (Å²) in [6, 6.07) is 5.68. The molecule has 1 N–H and O–H groups in total. The lowest BCUT2D eigenvalue weighted by molar-refractivity contribution is -0.113. The van der Waals surface area contributed by atoms with Crippen molar-refractivity contribution in [3.8, 4) is 11.5 Å². The Morgan fingerprint density at radius 1 is 1.29 bits per heavy atom. The van der Waals surface area contributed by atoms with Gasteiger partial charge in [-0.25, -0.2) is 4.98 Å². The maximum Gasteiger partial charge on any atom is 0.236 e. The van der Waals surface area contributed by atoms with Crippen molar-refractivity contribution in [3.05, 3.63) is 36.0 Å². The molecule has 0 atom stereocenters. The number of carbonyl (C=O) groups excluding carboxylic acids is 1. The van der Waals surface area contributed by atoms with Crippen LogP contribution in [-0.2, 0) is 11.3 Å². The quantitative estimate of drug-likeness (QED) is 0.652. The molecule has 0 saturated heterocycles. The molecule has 0 aliphatic rings. The standard InChI is InChI=1S/C15H16N6OS2/c1-2-8-21-13(11-5-3-4-6-16-11)19-20-15(21)24-10-12(22)18-14-17-7-9-23-14/h3-7,9H,2,8,10H2,1H3,(H,17,18,22). The van der Waals surface area contributed by atoms with E-state index in [1.807, 2.05) is 28.1 Å². The molecule has 0 fully saturated rings. The molecule has 0 spiro atoms. The molecule has 0 aromatic carbocycles. The highest BCUT2D eigenvalue weighted by Crippen LogP contribution is 2.23. The first-order valence-corrected chi connectivity index (χ1v) is 9.31. The van der Waals surface area contributed by atoms with Crippen LogP contribution in [0.3, 0.4) is 0 Å². The minimum Gasteiger partial charge on any atom is -0.301 e. The fourth-order valence-corrected chi connectivity index (χ4v) is 3.39. The molecule has 0 aliphatic heterocycles. The molecule has 1 amide bonds. The summed E-state index contributed by atoms with van der Waals surface area (Å²) in [5, 5.41) is 14.4. The van der Waals surface area contributed by atoms with Gasteiger partial charge in [-0.2, -0.15) is 0 Å². The van der Waals surface area contributed by atoms with Gasteiger partial charge >= 0.3 is 0 Å². The highest BCUT2D eigenvalue weighted by molar-refractivity contribution is 7.99. The Labute approximate surface area is 147 Å². The molecular weight excluding hydrogens is 344 g/mol. The van der Waals surface area contributed by atoms with Gasteiger partial charge in [0, 0.05) is 24.3 Å². The van der Waals surface area contributed by atoms with E-state index < -0.39 is 0 Å². The SMILES string of the molecule is CCCn1c(SCC(=O)Nc2nccs2)nnc1-c1ccccn1. The van der Waals surface area contributed by atoms with Gasteiger partial charge in [-0.3, -0.25) is 9.78 Å². The zero-order chi connectivity index (χ0) is 16.8. The molecule has 3 aromatic heterocycles. The Hall–Kier alpha value is -2.26. The maximum atomic E-state index is 12.0. The third-order valence-corrected chi connectivity index (χ3v) is 4.72. The first-order chi connectivity index (χ1) is 11.8. The lowest BCUT2D eigenvalue weighted by atomic mass is 10.3. The summed E-state index contributed by atoms with van der Waals surface area (Å²) in [5.41, 5.74) is 0.775. The van der Waals surface area contributed by atoms with Gasteiger partial charge in [0.05, 0.1) is 5.75 Å². The Balaban J connectivity index is 1.71. The molecule has 7 nitrogen and oxygen atoms in total. The topological polar surface area (TPSA) is 85.6 Å². The molecule has 9 heteroatoms. The van der Waals surface area contributed by atoms with Gasteiger partial charge in [0.1, 0.15) is 5.69 Å². The van der Waals surface area contributed by atoms with Crippen LogP contribution < -0.4 is 5.32 Å². The van der Waals surface area contributed by atoms with Crippen molar-refractivity contribution in [2.45, 2.75) is 25.0 Å². The van der Waals surface area contributed by atoms with Crippen molar-refractivity contribution < 1.29 is 4.79 Å². The number of carbonyl (C=O) groups is 1. The monoisotopic (exact) mass is 360 g/mol. The second kappa shape index (κ2) is 8.02. The van der Waals surface area contributed by atoms with Crippen molar-refractivity contribution >= 4 is 34.1 Å². The van der Waals surface area contributed by atoms with E-state index in [0.29, 0.717) is 10.3 Å². The number of pyridine rings is 1. The van der Waals surface area contributed by atoms with Crippen LogP contribution in [0, 0.1) is 0 Å². The van der Waals surface area contributed by atoms with E-state index >= 15 is 0 Å². The first-order valence-electron chi connectivity index (χ1n) is 7.44. The van der Waals surface area contributed by atoms with Crippen molar-refractivity contribution in [2.24, 2.45) is 0 Å². The van der Waals surface area contributed by atoms with Gasteiger partial charge in [0.2, 0.25) is 5.91 Å². The minimum atomic E-state index is -0.111. The summed E-state index contributed by atoms with van der Waals surface area (Å²) in [7, 11) is 0. The number of amides is 1. The maximum absolute atomic E-state index is 12.0. The van der Waals surface area contributed by atoms with Crippen molar-refractivity contribution in [1.82, 2.24) is 24.7 Å². The van der Waals surface area contributed by atoms with Crippen LogP contribution in [0.5, 0.6) is 0 Å². The van der Waals surface area contributed by atoms with E-state index in [-0.39, 0.29) is 11.7 Å². The number of thiazole rings is 1. The van der Waals surface area contributed by atoms with Crippen LogP contribution in [0.25, 0.3) is 11.5 Å². The fraction of sp³-hybridized carbons (Fsp3) is 0.267. The fourth-order valence-electron chi connectivity index (χ4n) is 2.08. The van der Waals surface area contributed by atoms with Crippen LogP contribution in [0.2, 0.25) is 0 Å². The zero-order valence-corrected chi connectivity index (χ0v) is 14.7. The van der Waals surface area contributed by atoms with Crippen LogP contribution in [0.1, 0.15) is 13.3 Å².